The molecule has 1 N–H and O–H groups in total. The van der Waals surface area contributed by atoms with Gasteiger partial charge < -0.3 is 14.8 Å². The van der Waals surface area contributed by atoms with Gasteiger partial charge in [-0.25, -0.2) is 9.97 Å². The monoisotopic (exact) mass is 431 g/mol. The summed E-state index contributed by atoms with van der Waals surface area (Å²) in [5, 5.41) is 1.59. The summed E-state index contributed by atoms with van der Waals surface area (Å²) < 4.78 is 0. The maximum Gasteiger partial charge on any atom is 0.261 e. The summed E-state index contributed by atoms with van der Waals surface area (Å²) in [6, 6.07) is 14.0. The number of nitrogens with zero attached hydrogens (tertiary/aromatic N) is 4. The Kier molecular flexibility index (Phi) is 4.87. The molecule has 1 amide bonds. The Balaban J connectivity index is 1.48. The number of carbonyl (C=O) groups is 1. The number of aromatic nitrogens is 3. The van der Waals surface area contributed by atoms with E-state index in [-0.39, 0.29) is 5.91 Å². The fourth-order valence-electron chi connectivity index (χ4n) is 4.12. The van der Waals surface area contributed by atoms with Crippen molar-refractivity contribution in [3.8, 4) is 0 Å². The number of benzene rings is 1. The summed E-state index contributed by atoms with van der Waals surface area (Å²) in [7, 11) is 1.76. The van der Waals surface area contributed by atoms with Crippen LogP contribution in [0.15, 0.2) is 54.9 Å². The van der Waals surface area contributed by atoms with Gasteiger partial charge in [0.05, 0.1) is 11.3 Å². The topological polar surface area (TPSA) is 65.1 Å². The lowest BCUT2D eigenvalue weighted by Crippen LogP contribution is -2.25. The van der Waals surface area contributed by atoms with Crippen molar-refractivity contribution in [3.05, 3.63) is 76.7 Å². The second-order valence-corrected chi connectivity index (χ2v) is 8.09. The number of H-pyrrole nitrogens is 1. The zero-order valence-corrected chi connectivity index (χ0v) is 18.1. The molecule has 0 aliphatic carbocycles. The number of halogens is 1. The van der Waals surface area contributed by atoms with Gasteiger partial charge >= 0.3 is 0 Å². The summed E-state index contributed by atoms with van der Waals surface area (Å²) in [5.41, 5.74) is 4.71. The van der Waals surface area contributed by atoms with Crippen LogP contribution >= 0.6 is 11.6 Å². The van der Waals surface area contributed by atoms with Crippen molar-refractivity contribution in [2.45, 2.75) is 19.8 Å². The number of aryl methyl sites for hydroxylation is 2. The number of fused-ring (bicyclic) bond motifs is 3. The van der Waals surface area contributed by atoms with Crippen LogP contribution in [0.4, 0.5) is 17.3 Å². The molecule has 7 heteroatoms. The lowest BCUT2D eigenvalue weighted by Gasteiger charge is -2.23. The van der Waals surface area contributed by atoms with Gasteiger partial charge in [-0.1, -0.05) is 23.7 Å². The van der Waals surface area contributed by atoms with Crippen LogP contribution in [0.1, 0.15) is 28.4 Å². The quantitative estimate of drug-likeness (QED) is 0.454. The van der Waals surface area contributed by atoms with Gasteiger partial charge in [0.25, 0.3) is 5.91 Å². The Morgan fingerprint density at radius 2 is 1.87 bits per heavy atom. The van der Waals surface area contributed by atoms with Crippen molar-refractivity contribution in [2.75, 3.05) is 23.4 Å². The highest BCUT2D eigenvalue weighted by Gasteiger charge is 2.30. The van der Waals surface area contributed by atoms with E-state index in [0.29, 0.717) is 28.9 Å². The highest BCUT2D eigenvalue weighted by Crippen LogP contribution is 2.38. The molecule has 0 saturated carbocycles. The van der Waals surface area contributed by atoms with Gasteiger partial charge in [0.1, 0.15) is 11.0 Å². The van der Waals surface area contributed by atoms with E-state index >= 15 is 0 Å². The normalized spacial score (nSPS) is 13.3. The average Bonchev–Trinajstić information content (AvgIpc) is 3.23. The molecular formula is C24H22ClN5O. The summed E-state index contributed by atoms with van der Waals surface area (Å²) in [5.74, 6) is 1.16. The molecule has 0 spiro atoms. The Morgan fingerprint density at radius 1 is 1.03 bits per heavy atom. The van der Waals surface area contributed by atoms with Crippen molar-refractivity contribution < 1.29 is 4.79 Å². The first-order valence-electron chi connectivity index (χ1n) is 10.3. The fourth-order valence-corrected chi connectivity index (χ4v) is 4.26. The van der Waals surface area contributed by atoms with Crippen LogP contribution in [-0.4, -0.2) is 34.5 Å². The molecule has 4 aromatic rings. The minimum atomic E-state index is -0.0986. The number of aromatic amines is 1. The second-order valence-electron chi connectivity index (χ2n) is 7.70. The predicted octanol–water partition coefficient (Wildman–Crippen LogP) is 5.14. The first kappa shape index (κ1) is 19.6. The van der Waals surface area contributed by atoms with Gasteiger partial charge in [-0.2, -0.15) is 0 Å². The van der Waals surface area contributed by atoms with Gasteiger partial charge in [-0.15, -0.1) is 0 Å². The molecule has 1 aliphatic heterocycles. The van der Waals surface area contributed by atoms with E-state index in [1.165, 1.54) is 10.9 Å². The Labute approximate surface area is 185 Å². The van der Waals surface area contributed by atoms with Crippen LogP contribution in [0.3, 0.4) is 0 Å². The van der Waals surface area contributed by atoms with Gasteiger partial charge in [0.15, 0.2) is 5.82 Å². The molecular weight excluding hydrogens is 410 g/mol. The van der Waals surface area contributed by atoms with Crippen LogP contribution in [-0.2, 0) is 12.8 Å². The highest BCUT2D eigenvalue weighted by atomic mass is 35.5. The zero-order valence-electron chi connectivity index (χ0n) is 17.4. The average molecular weight is 432 g/mol. The number of nitrogens with one attached hydrogen (secondary N) is 1. The van der Waals surface area contributed by atoms with Gasteiger partial charge in [0.2, 0.25) is 0 Å². The Hall–Kier alpha value is -3.38. The lowest BCUT2D eigenvalue weighted by atomic mass is 10.0. The summed E-state index contributed by atoms with van der Waals surface area (Å²) in [6.07, 6.45) is 5.48. The van der Waals surface area contributed by atoms with Crippen molar-refractivity contribution in [1.82, 2.24) is 15.0 Å². The minimum Gasteiger partial charge on any atom is -0.361 e. The summed E-state index contributed by atoms with van der Waals surface area (Å²) in [4.78, 5) is 29.3. The molecule has 4 heterocycles. The van der Waals surface area contributed by atoms with Gasteiger partial charge in [-0.3, -0.25) is 4.79 Å². The third kappa shape index (κ3) is 3.43. The van der Waals surface area contributed by atoms with Crippen LogP contribution in [0.25, 0.3) is 10.9 Å². The maximum atomic E-state index is 13.3. The lowest BCUT2D eigenvalue weighted by molar-refractivity contribution is 0.0994. The van der Waals surface area contributed by atoms with Gasteiger partial charge in [0, 0.05) is 31.5 Å². The molecule has 3 aromatic heterocycles. The number of hydrogen-bond acceptors (Lipinski definition) is 4. The van der Waals surface area contributed by atoms with E-state index in [0.717, 1.165) is 29.6 Å². The number of hydrogen-bond donors (Lipinski definition) is 1. The third-order valence-corrected chi connectivity index (χ3v) is 6.00. The molecule has 0 saturated heterocycles. The molecule has 1 aliphatic rings. The van der Waals surface area contributed by atoms with E-state index < -0.39 is 0 Å². The molecule has 156 valence electrons. The SMILES string of the molecule is CCN1c2ncc(CCc3ccc4cc[nH]c4c3)cc2C(=O)N(C)c2ccc(Cl)nc21. The summed E-state index contributed by atoms with van der Waals surface area (Å²) >= 11 is 6.15. The number of pyridine rings is 2. The zero-order chi connectivity index (χ0) is 21.5. The standard InChI is InChI=1S/C24H22ClN5O/c1-3-30-22-18(24(31)29(2)20-8-9-21(25)28-23(20)30)12-16(14-27-22)5-4-15-6-7-17-10-11-26-19(17)13-15/h6-14,26H,3-5H2,1-2H3. The predicted molar refractivity (Wildman–Crippen MR) is 125 cm³/mol. The van der Waals surface area contributed by atoms with Crippen LogP contribution in [0.5, 0.6) is 0 Å². The van der Waals surface area contributed by atoms with Crippen molar-refractivity contribution in [3.63, 3.8) is 0 Å². The molecule has 31 heavy (non-hydrogen) atoms. The minimum absolute atomic E-state index is 0.0986. The fraction of sp³-hybridized carbons (Fsp3) is 0.208. The van der Waals surface area contributed by atoms with E-state index in [1.807, 2.05) is 36.4 Å². The second kappa shape index (κ2) is 7.71. The third-order valence-electron chi connectivity index (χ3n) is 5.79. The van der Waals surface area contributed by atoms with Crippen LogP contribution < -0.4 is 9.80 Å². The molecule has 0 bridgehead atoms. The van der Waals surface area contributed by atoms with E-state index in [1.54, 1.807) is 18.0 Å². The van der Waals surface area contributed by atoms with E-state index in [4.69, 9.17) is 11.6 Å². The maximum absolute atomic E-state index is 13.3. The van der Waals surface area contributed by atoms with E-state index in [2.05, 4.69) is 39.2 Å². The number of anilines is 3. The number of rotatable bonds is 4. The number of carbonyl (C=O) groups excluding carboxylic acids is 1. The van der Waals surface area contributed by atoms with Crippen LogP contribution in [0.2, 0.25) is 5.15 Å². The molecule has 0 fully saturated rings. The molecule has 0 atom stereocenters. The Morgan fingerprint density at radius 3 is 2.71 bits per heavy atom. The largest absolute Gasteiger partial charge is 0.361 e. The summed E-state index contributed by atoms with van der Waals surface area (Å²) in [6.45, 7) is 2.63. The first-order chi connectivity index (χ1) is 15.0. The van der Waals surface area contributed by atoms with Gasteiger partial charge in [-0.05, 0) is 66.6 Å². The van der Waals surface area contributed by atoms with Crippen molar-refractivity contribution in [1.29, 1.82) is 0 Å². The first-order valence-corrected chi connectivity index (χ1v) is 10.7. The van der Waals surface area contributed by atoms with Crippen molar-refractivity contribution >= 4 is 45.7 Å². The molecule has 0 radical (unpaired) electrons. The molecule has 0 unspecified atom stereocenters. The number of amides is 1. The molecule has 1 aromatic carbocycles. The Bertz CT molecular complexity index is 1300. The molecule has 6 nitrogen and oxygen atoms in total. The van der Waals surface area contributed by atoms with Crippen LogP contribution in [0, 0.1) is 0 Å². The van der Waals surface area contributed by atoms with Crippen molar-refractivity contribution in [2.24, 2.45) is 0 Å². The van der Waals surface area contributed by atoms with E-state index in [9.17, 15) is 4.79 Å². The highest BCUT2D eigenvalue weighted by molar-refractivity contribution is 6.29. The smallest absolute Gasteiger partial charge is 0.261 e. The molecule has 5 rings (SSSR count).